The lowest BCUT2D eigenvalue weighted by atomic mass is 10.2. The van der Waals surface area contributed by atoms with Gasteiger partial charge in [-0.05, 0) is 13.0 Å². The van der Waals surface area contributed by atoms with Gasteiger partial charge in [0.15, 0.2) is 5.82 Å². The van der Waals surface area contributed by atoms with Gasteiger partial charge in [0, 0.05) is 0 Å². The van der Waals surface area contributed by atoms with Crippen molar-refractivity contribution in [3.63, 3.8) is 0 Å². The van der Waals surface area contributed by atoms with Crippen LogP contribution < -0.4 is 5.32 Å². The molecule has 0 aliphatic rings. The van der Waals surface area contributed by atoms with Gasteiger partial charge in [-0.2, -0.15) is 0 Å². The van der Waals surface area contributed by atoms with Crippen molar-refractivity contribution in [2.75, 3.05) is 5.32 Å². The van der Waals surface area contributed by atoms with Crippen LogP contribution in [-0.2, 0) is 0 Å². The number of nitrogens with zero attached hydrogens (tertiary/aromatic N) is 2. The van der Waals surface area contributed by atoms with Crippen LogP contribution in [0.2, 0.25) is 5.15 Å². The van der Waals surface area contributed by atoms with Crippen LogP contribution in [0.15, 0.2) is 29.1 Å². The fourth-order valence-electron chi connectivity index (χ4n) is 1.21. The van der Waals surface area contributed by atoms with E-state index in [1.54, 1.807) is 13.0 Å². The number of hydrogen-bond acceptors (Lipinski definition) is 4. The average Bonchev–Trinajstić information content (AvgIpc) is 2.64. The minimum Gasteiger partial charge on any atom is -0.469 e. The number of aryl methyl sites for hydroxylation is 1. The molecule has 0 saturated carbocycles. The first-order chi connectivity index (χ1) is 7.66. The van der Waals surface area contributed by atoms with Crippen LogP contribution in [0.1, 0.15) is 16.1 Å². The summed E-state index contributed by atoms with van der Waals surface area (Å²) >= 11 is 5.64. The molecule has 16 heavy (non-hydrogen) atoms. The summed E-state index contributed by atoms with van der Waals surface area (Å²) in [6.07, 6.45) is 4.26. The molecule has 0 unspecified atom stereocenters. The Morgan fingerprint density at radius 2 is 2.31 bits per heavy atom. The van der Waals surface area contributed by atoms with E-state index in [0.717, 1.165) is 0 Å². The highest BCUT2D eigenvalue weighted by Crippen LogP contribution is 2.12. The van der Waals surface area contributed by atoms with E-state index in [2.05, 4.69) is 15.3 Å². The molecule has 0 aromatic carbocycles. The zero-order valence-electron chi connectivity index (χ0n) is 8.40. The molecule has 2 rings (SSSR count). The second-order valence-corrected chi connectivity index (χ2v) is 3.46. The van der Waals surface area contributed by atoms with Crippen LogP contribution in [0.25, 0.3) is 0 Å². The van der Waals surface area contributed by atoms with Crippen molar-refractivity contribution in [3.05, 3.63) is 41.2 Å². The largest absolute Gasteiger partial charge is 0.469 e. The van der Waals surface area contributed by atoms with E-state index < -0.39 is 0 Å². The highest BCUT2D eigenvalue weighted by molar-refractivity contribution is 6.29. The molecule has 1 N–H and O–H groups in total. The van der Waals surface area contributed by atoms with Gasteiger partial charge in [0.25, 0.3) is 5.91 Å². The summed E-state index contributed by atoms with van der Waals surface area (Å²) in [7, 11) is 0. The number of aromatic nitrogens is 2. The van der Waals surface area contributed by atoms with E-state index in [0.29, 0.717) is 17.1 Å². The Hall–Kier alpha value is -1.88. The highest BCUT2D eigenvalue weighted by Gasteiger charge is 2.12. The summed E-state index contributed by atoms with van der Waals surface area (Å²) in [5.74, 6) is 0.549. The monoisotopic (exact) mass is 237 g/mol. The Labute approximate surface area is 96.5 Å². The molecule has 0 fully saturated rings. The Morgan fingerprint density at radius 3 is 2.94 bits per heavy atom. The zero-order chi connectivity index (χ0) is 11.5. The van der Waals surface area contributed by atoms with Gasteiger partial charge in [0.05, 0.1) is 24.2 Å². The molecular formula is C10H8ClN3O2. The summed E-state index contributed by atoms with van der Waals surface area (Å²) in [5.41, 5.74) is 0.460. The fraction of sp³-hybridized carbons (Fsp3) is 0.100. The first-order valence-corrected chi connectivity index (χ1v) is 4.87. The number of amides is 1. The number of halogens is 1. The first-order valence-electron chi connectivity index (χ1n) is 4.50. The third kappa shape index (κ3) is 2.20. The van der Waals surface area contributed by atoms with Crippen molar-refractivity contribution in [2.24, 2.45) is 0 Å². The van der Waals surface area contributed by atoms with Crippen LogP contribution in [-0.4, -0.2) is 15.9 Å². The Morgan fingerprint density at radius 1 is 1.50 bits per heavy atom. The van der Waals surface area contributed by atoms with Crippen LogP contribution >= 0.6 is 11.6 Å². The molecule has 0 aliphatic heterocycles. The Balaban J connectivity index is 2.17. The molecule has 2 heterocycles. The van der Waals surface area contributed by atoms with Crippen molar-refractivity contribution in [1.29, 1.82) is 0 Å². The van der Waals surface area contributed by atoms with Gasteiger partial charge in [-0.3, -0.25) is 9.78 Å². The third-order valence-electron chi connectivity index (χ3n) is 1.95. The number of rotatable bonds is 2. The molecule has 2 aromatic heterocycles. The number of hydrogen-bond donors (Lipinski definition) is 1. The van der Waals surface area contributed by atoms with Crippen LogP contribution in [0.5, 0.6) is 0 Å². The lowest BCUT2D eigenvalue weighted by molar-refractivity contribution is 0.102. The quantitative estimate of drug-likeness (QED) is 0.870. The molecule has 6 heteroatoms. The van der Waals surface area contributed by atoms with Crippen molar-refractivity contribution in [1.82, 2.24) is 9.97 Å². The number of nitrogens with one attached hydrogen (secondary N) is 1. The SMILES string of the molecule is Cc1occc1C(=O)Nc1cncc(Cl)n1. The van der Waals surface area contributed by atoms with E-state index in [-0.39, 0.29) is 11.1 Å². The first kappa shape index (κ1) is 10.6. The molecule has 0 spiro atoms. The van der Waals surface area contributed by atoms with Gasteiger partial charge in [0.1, 0.15) is 10.9 Å². The van der Waals surface area contributed by atoms with Gasteiger partial charge in [-0.1, -0.05) is 11.6 Å². The molecule has 2 aromatic rings. The van der Waals surface area contributed by atoms with Crippen molar-refractivity contribution in [3.8, 4) is 0 Å². The molecule has 1 amide bonds. The maximum absolute atomic E-state index is 11.7. The number of furan rings is 1. The van der Waals surface area contributed by atoms with Gasteiger partial charge in [0.2, 0.25) is 0 Å². The van der Waals surface area contributed by atoms with Crippen LogP contribution in [0.3, 0.4) is 0 Å². The van der Waals surface area contributed by atoms with Gasteiger partial charge >= 0.3 is 0 Å². The maximum Gasteiger partial charge on any atom is 0.260 e. The predicted octanol–water partition coefficient (Wildman–Crippen LogP) is 2.28. The average molecular weight is 238 g/mol. The molecule has 0 atom stereocenters. The van der Waals surface area contributed by atoms with Crippen molar-refractivity contribution < 1.29 is 9.21 Å². The number of carbonyl (C=O) groups is 1. The van der Waals surface area contributed by atoms with E-state index in [1.165, 1.54) is 18.7 Å². The third-order valence-corrected chi connectivity index (χ3v) is 2.13. The molecule has 5 nitrogen and oxygen atoms in total. The molecule has 82 valence electrons. The lowest BCUT2D eigenvalue weighted by Crippen LogP contribution is -2.13. The normalized spacial score (nSPS) is 10.1. The van der Waals surface area contributed by atoms with Crippen molar-refractivity contribution in [2.45, 2.75) is 6.92 Å². The standard InChI is InChI=1S/C10H8ClN3O2/c1-6-7(2-3-16-6)10(15)14-9-5-12-4-8(11)13-9/h2-5H,1H3,(H,13,14,15). The molecule has 0 aliphatic carbocycles. The maximum atomic E-state index is 11.7. The minimum atomic E-state index is -0.303. The minimum absolute atomic E-state index is 0.224. The topological polar surface area (TPSA) is 68.0 Å². The molecule has 0 radical (unpaired) electrons. The fourth-order valence-corrected chi connectivity index (χ4v) is 1.35. The van der Waals surface area contributed by atoms with Crippen molar-refractivity contribution >= 4 is 23.3 Å². The number of anilines is 1. The molecule has 0 saturated heterocycles. The summed E-state index contributed by atoms with van der Waals surface area (Å²) in [6, 6.07) is 1.59. The van der Waals surface area contributed by atoms with E-state index in [4.69, 9.17) is 16.0 Å². The second kappa shape index (κ2) is 4.32. The second-order valence-electron chi connectivity index (χ2n) is 3.07. The number of carbonyl (C=O) groups excluding carboxylic acids is 1. The highest BCUT2D eigenvalue weighted by atomic mass is 35.5. The van der Waals surface area contributed by atoms with E-state index in [1.807, 2.05) is 0 Å². The summed E-state index contributed by atoms with van der Waals surface area (Å²) in [4.78, 5) is 19.4. The molecule has 0 bridgehead atoms. The predicted molar refractivity (Wildman–Crippen MR) is 58.4 cm³/mol. The smallest absolute Gasteiger partial charge is 0.260 e. The zero-order valence-corrected chi connectivity index (χ0v) is 9.15. The molecular weight excluding hydrogens is 230 g/mol. The lowest BCUT2D eigenvalue weighted by Gasteiger charge is -2.02. The van der Waals surface area contributed by atoms with Gasteiger partial charge < -0.3 is 9.73 Å². The van der Waals surface area contributed by atoms with E-state index >= 15 is 0 Å². The Bertz CT molecular complexity index is 524. The van der Waals surface area contributed by atoms with Crippen LogP contribution in [0, 0.1) is 6.92 Å². The van der Waals surface area contributed by atoms with E-state index in [9.17, 15) is 4.79 Å². The Kier molecular flexibility index (Phi) is 2.87. The van der Waals surface area contributed by atoms with Crippen LogP contribution in [0.4, 0.5) is 5.82 Å². The van der Waals surface area contributed by atoms with Gasteiger partial charge in [-0.25, -0.2) is 4.98 Å². The van der Waals surface area contributed by atoms with Gasteiger partial charge in [-0.15, -0.1) is 0 Å². The summed E-state index contributed by atoms with van der Waals surface area (Å²) < 4.78 is 5.02. The summed E-state index contributed by atoms with van der Waals surface area (Å²) in [5, 5.41) is 2.79. The summed E-state index contributed by atoms with van der Waals surface area (Å²) in [6.45, 7) is 1.71.